The number of carbonyl (C=O) groups excluding carboxylic acids is 1. The Bertz CT molecular complexity index is 1150. The van der Waals surface area contributed by atoms with Crippen LogP contribution in [0.5, 0.6) is 0 Å². The third-order valence-corrected chi connectivity index (χ3v) is 4.85. The van der Waals surface area contributed by atoms with Crippen LogP contribution in [0.15, 0.2) is 71.1 Å². The molecule has 0 N–H and O–H groups in total. The maximum absolute atomic E-state index is 12.7. The molecule has 126 valence electrons. The fourth-order valence-electron chi connectivity index (χ4n) is 3.26. The van der Waals surface area contributed by atoms with E-state index in [9.17, 15) is 4.79 Å². The number of halogens is 1. The normalized spacial score (nSPS) is 13.4. The Morgan fingerprint density at radius 2 is 1.81 bits per heavy atom. The van der Waals surface area contributed by atoms with Crippen molar-refractivity contribution in [3.63, 3.8) is 0 Å². The van der Waals surface area contributed by atoms with Crippen molar-refractivity contribution in [3.05, 3.63) is 82.9 Å². The highest BCUT2D eigenvalue weighted by atomic mass is 35.5. The first-order valence-electron chi connectivity index (χ1n) is 8.25. The van der Waals surface area contributed by atoms with Crippen LogP contribution in [0, 0.1) is 0 Å². The van der Waals surface area contributed by atoms with Crippen LogP contribution in [0.4, 0.5) is 5.69 Å². The molecule has 1 aliphatic heterocycles. The first kappa shape index (κ1) is 15.2. The fraction of sp³-hybridized carbons (Fsp3) is 0.0476. The van der Waals surface area contributed by atoms with Crippen LogP contribution in [0.1, 0.15) is 15.9 Å². The summed E-state index contributed by atoms with van der Waals surface area (Å²) in [4.78, 5) is 18.9. The minimum Gasteiger partial charge on any atom is -0.436 e. The maximum Gasteiger partial charge on any atom is 0.258 e. The van der Waals surface area contributed by atoms with Gasteiger partial charge in [0, 0.05) is 27.9 Å². The molecule has 4 aromatic rings. The molecule has 1 aromatic heterocycles. The topological polar surface area (TPSA) is 46.3 Å². The van der Waals surface area contributed by atoms with Crippen molar-refractivity contribution in [2.75, 3.05) is 4.90 Å². The number of fused-ring (bicyclic) bond motifs is 2. The molecule has 3 aromatic carbocycles. The molecule has 0 fully saturated rings. The number of aromatic nitrogens is 1. The molecule has 4 nitrogen and oxygen atoms in total. The van der Waals surface area contributed by atoms with Crippen LogP contribution in [0.2, 0.25) is 5.02 Å². The molecule has 5 heteroatoms. The van der Waals surface area contributed by atoms with E-state index in [-0.39, 0.29) is 5.91 Å². The van der Waals surface area contributed by atoms with E-state index in [1.807, 2.05) is 54.6 Å². The number of hydrogen-bond donors (Lipinski definition) is 0. The van der Waals surface area contributed by atoms with Crippen molar-refractivity contribution in [1.29, 1.82) is 0 Å². The SMILES string of the molecule is O=C1c2ccccc2CN1c1ccc2nc(-c3ccc(Cl)cc3)oc2c1. The summed E-state index contributed by atoms with van der Waals surface area (Å²) >= 11 is 5.93. The zero-order chi connectivity index (χ0) is 17.7. The van der Waals surface area contributed by atoms with Crippen molar-refractivity contribution in [3.8, 4) is 11.5 Å². The second-order valence-electron chi connectivity index (χ2n) is 6.23. The van der Waals surface area contributed by atoms with Gasteiger partial charge >= 0.3 is 0 Å². The first-order chi connectivity index (χ1) is 12.7. The van der Waals surface area contributed by atoms with E-state index < -0.39 is 0 Å². The highest BCUT2D eigenvalue weighted by Crippen LogP contribution is 2.32. The molecule has 26 heavy (non-hydrogen) atoms. The van der Waals surface area contributed by atoms with Gasteiger partial charge in [-0.25, -0.2) is 4.98 Å². The Labute approximate surface area is 154 Å². The summed E-state index contributed by atoms with van der Waals surface area (Å²) in [6.45, 7) is 0.568. The van der Waals surface area contributed by atoms with Gasteiger partial charge in [0.1, 0.15) is 5.52 Å². The van der Waals surface area contributed by atoms with Gasteiger partial charge in [-0.05, 0) is 48.0 Å². The molecular weight excluding hydrogens is 348 g/mol. The number of hydrogen-bond acceptors (Lipinski definition) is 3. The van der Waals surface area contributed by atoms with Crippen LogP contribution in [-0.4, -0.2) is 10.9 Å². The lowest BCUT2D eigenvalue weighted by atomic mass is 10.1. The smallest absolute Gasteiger partial charge is 0.258 e. The van der Waals surface area contributed by atoms with Crippen molar-refractivity contribution in [2.45, 2.75) is 6.54 Å². The van der Waals surface area contributed by atoms with Gasteiger partial charge in [-0.15, -0.1) is 0 Å². The van der Waals surface area contributed by atoms with Gasteiger partial charge in [0.05, 0.1) is 6.54 Å². The predicted molar refractivity (Wildman–Crippen MR) is 101 cm³/mol. The number of rotatable bonds is 2. The van der Waals surface area contributed by atoms with Gasteiger partial charge in [0.25, 0.3) is 5.91 Å². The van der Waals surface area contributed by atoms with Gasteiger partial charge in [0.15, 0.2) is 5.58 Å². The Kier molecular flexibility index (Phi) is 3.33. The summed E-state index contributed by atoms with van der Waals surface area (Å²) in [5, 5.41) is 0.666. The molecule has 0 saturated carbocycles. The summed E-state index contributed by atoms with van der Waals surface area (Å²) in [7, 11) is 0. The summed E-state index contributed by atoms with van der Waals surface area (Å²) in [5.41, 5.74) is 4.86. The number of amides is 1. The zero-order valence-corrected chi connectivity index (χ0v) is 14.4. The first-order valence-corrected chi connectivity index (χ1v) is 8.63. The Morgan fingerprint density at radius 1 is 1.00 bits per heavy atom. The highest BCUT2D eigenvalue weighted by Gasteiger charge is 2.28. The van der Waals surface area contributed by atoms with Gasteiger partial charge in [0.2, 0.25) is 5.89 Å². The third-order valence-electron chi connectivity index (χ3n) is 4.60. The lowest BCUT2D eigenvalue weighted by Gasteiger charge is -2.15. The predicted octanol–water partition coefficient (Wildman–Crippen LogP) is 5.31. The van der Waals surface area contributed by atoms with E-state index in [2.05, 4.69) is 4.98 Å². The largest absolute Gasteiger partial charge is 0.436 e. The van der Waals surface area contributed by atoms with E-state index in [4.69, 9.17) is 16.0 Å². The van der Waals surface area contributed by atoms with Gasteiger partial charge in [-0.2, -0.15) is 0 Å². The molecule has 0 unspecified atom stereocenters. The molecule has 1 aliphatic rings. The standard InChI is InChI=1S/C21H13ClN2O2/c22-15-7-5-13(6-8-15)20-23-18-10-9-16(11-19(18)26-20)24-12-14-3-1-2-4-17(14)21(24)25/h1-11H,12H2. The van der Waals surface area contributed by atoms with Crippen molar-refractivity contribution in [1.82, 2.24) is 4.98 Å². The average molecular weight is 361 g/mol. The maximum atomic E-state index is 12.7. The lowest BCUT2D eigenvalue weighted by molar-refractivity contribution is 0.0996. The molecular formula is C21H13ClN2O2. The number of benzene rings is 3. The average Bonchev–Trinajstić information content (AvgIpc) is 3.23. The molecule has 0 atom stereocenters. The van der Waals surface area contributed by atoms with Crippen LogP contribution < -0.4 is 4.90 Å². The molecule has 0 saturated heterocycles. The zero-order valence-electron chi connectivity index (χ0n) is 13.6. The van der Waals surface area contributed by atoms with Gasteiger partial charge in [-0.1, -0.05) is 29.8 Å². The fourth-order valence-corrected chi connectivity index (χ4v) is 3.39. The van der Waals surface area contributed by atoms with Gasteiger partial charge in [-0.3, -0.25) is 4.79 Å². The molecule has 0 aliphatic carbocycles. The summed E-state index contributed by atoms with van der Waals surface area (Å²) < 4.78 is 5.91. The number of anilines is 1. The van der Waals surface area contributed by atoms with E-state index in [0.717, 1.165) is 27.9 Å². The van der Waals surface area contributed by atoms with Crippen LogP contribution in [-0.2, 0) is 6.54 Å². The van der Waals surface area contributed by atoms with E-state index in [1.54, 1.807) is 17.0 Å². The highest BCUT2D eigenvalue weighted by molar-refractivity contribution is 6.30. The monoisotopic (exact) mass is 360 g/mol. The van der Waals surface area contributed by atoms with Crippen LogP contribution >= 0.6 is 11.6 Å². The Morgan fingerprint density at radius 3 is 2.62 bits per heavy atom. The minimum atomic E-state index is 0.0115. The Hall–Kier alpha value is -3.11. The summed E-state index contributed by atoms with van der Waals surface area (Å²) in [6, 6.07) is 20.7. The van der Waals surface area contributed by atoms with E-state index in [1.165, 1.54) is 0 Å². The van der Waals surface area contributed by atoms with Crippen molar-refractivity contribution in [2.24, 2.45) is 0 Å². The number of oxazole rings is 1. The van der Waals surface area contributed by atoms with E-state index in [0.29, 0.717) is 23.0 Å². The molecule has 5 rings (SSSR count). The molecule has 0 spiro atoms. The second-order valence-corrected chi connectivity index (χ2v) is 6.66. The van der Waals surface area contributed by atoms with Crippen molar-refractivity contribution < 1.29 is 9.21 Å². The Balaban J connectivity index is 1.53. The molecule has 1 amide bonds. The third kappa shape index (κ3) is 2.38. The minimum absolute atomic E-state index is 0.0115. The molecule has 0 radical (unpaired) electrons. The number of nitrogens with zero attached hydrogens (tertiary/aromatic N) is 2. The van der Waals surface area contributed by atoms with Gasteiger partial charge < -0.3 is 9.32 Å². The summed E-state index contributed by atoms with van der Waals surface area (Å²) in [5.74, 6) is 0.544. The van der Waals surface area contributed by atoms with Crippen LogP contribution in [0.3, 0.4) is 0 Å². The summed E-state index contributed by atoms with van der Waals surface area (Å²) in [6.07, 6.45) is 0. The van der Waals surface area contributed by atoms with Crippen molar-refractivity contribution >= 4 is 34.3 Å². The molecule has 2 heterocycles. The molecule has 0 bridgehead atoms. The second kappa shape index (κ2) is 5.71. The number of carbonyl (C=O) groups is 1. The quantitative estimate of drug-likeness (QED) is 0.486. The lowest BCUT2D eigenvalue weighted by Crippen LogP contribution is -2.22. The van der Waals surface area contributed by atoms with Crippen LogP contribution in [0.25, 0.3) is 22.6 Å². The van der Waals surface area contributed by atoms with E-state index >= 15 is 0 Å².